The summed E-state index contributed by atoms with van der Waals surface area (Å²) in [5, 5.41) is 15.0. The van der Waals surface area contributed by atoms with E-state index in [0.717, 1.165) is 5.56 Å². The Morgan fingerprint density at radius 2 is 2.19 bits per heavy atom. The fourth-order valence-electron chi connectivity index (χ4n) is 1.36. The van der Waals surface area contributed by atoms with Crippen molar-refractivity contribution in [3.63, 3.8) is 0 Å². The Balaban J connectivity index is 2.28. The van der Waals surface area contributed by atoms with Crippen LogP contribution >= 0.6 is 0 Å². The van der Waals surface area contributed by atoms with E-state index >= 15 is 0 Å². The third-order valence-corrected chi connectivity index (χ3v) is 1.97. The largest absolute Gasteiger partial charge is 0.508 e. The number of amides is 1. The van der Waals surface area contributed by atoms with Crippen LogP contribution in [0.5, 0.6) is 5.75 Å². The van der Waals surface area contributed by atoms with Crippen LogP contribution in [0.1, 0.15) is 19.4 Å². The second-order valence-electron chi connectivity index (χ2n) is 4.00. The smallest absolute Gasteiger partial charge is 0.234 e. The molecule has 0 heterocycles. The van der Waals surface area contributed by atoms with Crippen LogP contribution in [0.3, 0.4) is 0 Å². The third-order valence-electron chi connectivity index (χ3n) is 1.97. The van der Waals surface area contributed by atoms with Gasteiger partial charge in [-0.3, -0.25) is 4.79 Å². The molecular formula is C12H18N2O2. The summed E-state index contributed by atoms with van der Waals surface area (Å²) in [4.78, 5) is 11.3. The SMILES string of the molecule is CC(C)NC(=O)CNCc1cccc(O)c1. The average molecular weight is 222 g/mol. The molecule has 0 aliphatic rings. The van der Waals surface area contributed by atoms with Gasteiger partial charge in [-0.2, -0.15) is 0 Å². The third kappa shape index (κ3) is 4.79. The van der Waals surface area contributed by atoms with Crippen molar-refractivity contribution in [1.82, 2.24) is 10.6 Å². The van der Waals surface area contributed by atoms with Crippen LogP contribution in [0.4, 0.5) is 0 Å². The van der Waals surface area contributed by atoms with E-state index in [9.17, 15) is 9.90 Å². The Hall–Kier alpha value is -1.55. The van der Waals surface area contributed by atoms with Gasteiger partial charge in [-0.05, 0) is 31.5 Å². The first-order chi connectivity index (χ1) is 7.58. The summed E-state index contributed by atoms with van der Waals surface area (Å²) >= 11 is 0. The summed E-state index contributed by atoms with van der Waals surface area (Å²) in [5.74, 6) is 0.223. The molecule has 0 radical (unpaired) electrons. The molecule has 0 unspecified atom stereocenters. The fraction of sp³-hybridized carbons (Fsp3) is 0.417. The van der Waals surface area contributed by atoms with Crippen LogP contribution in [0.2, 0.25) is 0 Å². The number of phenolic OH excluding ortho intramolecular Hbond substituents is 1. The maximum atomic E-state index is 11.3. The lowest BCUT2D eigenvalue weighted by atomic mass is 10.2. The van der Waals surface area contributed by atoms with Crippen LogP contribution < -0.4 is 10.6 Å². The summed E-state index contributed by atoms with van der Waals surface area (Å²) in [6.45, 7) is 4.70. The molecule has 1 aromatic rings. The maximum absolute atomic E-state index is 11.3. The van der Waals surface area contributed by atoms with E-state index in [-0.39, 0.29) is 24.2 Å². The van der Waals surface area contributed by atoms with Crippen molar-refractivity contribution in [2.45, 2.75) is 26.4 Å². The molecule has 0 atom stereocenters. The first-order valence-electron chi connectivity index (χ1n) is 5.36. The molecule has 88 valence electrons. The minimum Gasteiger partial charge on any atom is -0.508 e. The monoisotopic (exact) mass is 222 g/mol. The molecule has 16 heavy (non-hydrogen) atoms. The molecule has 1 aromatic carbocycles. The Labute approximate surface area is 95.7 Å². The minimum absolute atomic E-state index is 0.0184. The van der Waals surface area contributed by atoms with Crippen LogP contribution in [-0.2, 0) is 11.3 Å². The Kier molecular flexibility index (Phi) is 4.79. The van der Waals surface area contributed by atoms with Crippen molar-refractivity contribution in [2.24, 2.45) is 0 Å². The predicted molar refractivity (Wildman–Crippen MR) is 63.1 cm³/mol. The van der Waals surface area contributed by atoms with Gasteiger partial charge >= 0.3 is 0 Å². The number of aromatic hydroxyl groups is 1. The van der Waals surface area contributed by atoms with E-state index in [1.807, 2.05) is 19.9 Å². The second kappa shape index (κ2) is 6.12. The van der Waals surface area contributed by atoms with E-state index in [2.05, 4.69) is 10.6 Å². The van der Waals surface area contributed by atoms with Gasteiger partial charge in [0.2, 0.25) is 5.91 Å². The van der Waals surface area contributed by atoms with Gasteiger partial charge in [-0.1, -0.05) is 12.1 Å². The standard InChI is InChI=1S/C12H18N2O2/c1-9(2)14-12(16)8-13-7-10-4-3-5-11(15)6-10/h3-6,9,13,15H,7-8H2,1-2H3,(H,14,16). The molecule has 0 aliphatic heterocycles. The van der Waals surface area contributed by atoms with E-state index in [0.29, 0.717) is 6.54 Å². The molecule has 0 aromatic heterocycles. The molecule has 4 heteroatoms. The van der Waals surface area contributed by atoms with Crippen LogP contribution in [0, 0.1) is 0 Å². The summed E-state index contributed by atoms with van der Waals surface area (Å²) < 4.78 is 0. The maximum Gasteiger partial charge on any atom is 0.234 e. The Morgan fingerprint density at radius 1 is 1.44 bits per heavy atom. The van der Waals surface area contributed by atoms with Gasteiger partial charge < -0.3 is 15.7 Å². The van der Waals surface area contributed by atoms with Crippen molar-refractivity contribution in [3.8, 4) is 5.75 Å². The number of carbonyl (C=O) groups excluding carboxylic acids is 1. The van der Waals surface area contributed by atoms with Crippen molar-refractivity contribution in [3.05, 3.63) is 29.8 Å². The molecule has 0 fully saturated rings. The molecule has 0 spiro atoms. The predicted octanol–water partition coefficient (Wildman–Crippen LogP) is 1.01. The molecule has 0 bridgehead atoms. The number of hydrogen-bond acceptors (Lipinski definition) is 3. The number of rotatable bonds is 5. The second-order valence-corrected chi connectivity index (χ2v) is 4.00. The first-order valence-corrected chi connectivity index (χ1v) is 5.36. The highest BCUT2D eigenvalue weighted by Gasteiger charge is 2.02. The Morgan fingerprint density at radius 3 is 2.81 bits per heavy atom. The number of hydrogen-bond donors (Lipinski definition) is 3. The van der Waals surface area contributed by atoms with E-state index in [1.54, 1.807) is 18.2 Å². The van der Waals surface area contributed by atoms with Gasteiger partial charge in [0.1, 0.15) is 5.75 Å². The highest BCUT2D eigenvalue weighted by Crippen LogP contribution is 2.10. The molecular weight excluding hydrogens is 204 g/mol. The lowest BCUT2D eigenvalue weighted by Crippen LogP contribution is -2.37. The van der Waals surface area contributed by atoms with E-state index < -0.39 is 0 Å². The highest BCUT2D eigenvalue weighted by molar-refractivity contribution is 5.78. The summed E-state index contributed by atoms with van der Waals surface area (Å²) in [6.07, 6.45) is 0. The molecule has 1 rings (SSSR count). The lowest BCUT2D eigenvalue weighted by molar-refractivity contribution is -0.120. The normalized spacial score (nSPS) is 10.4. The average Bonchev–Trinajstić information content (AvgIpc) is 2.16. The van der Waals surface area contributed by atoms with Gasteiger partial charge in [0.05, 0.1) is 6.54 Å². The number of benzene rings is 1. The minimum atomic E-state index is -0.0184. The van der Waals surface area contributed by atoms with E-state index in [4.69, 9.17) is 0 Å². The van der Waals surface area contributed by atoms with Crippen molar-refractivity contribution < 1.29 is 9.90 Å². The zero-order valence-corrected chi connectivity index (χ0v) is 9.66. The van der Waals surface area contributed by atoms with Gasteiger partial charge in [0.15, 0.2) is 0 Å². The lowest BCUT2D eigenvalue weighted by Gasteiger charge is -2.09. The van der Waals surface area contributed by atoms with Crippen molar-refractivity contribution in [2.75, 3.05) is 6.54 Å². The molecule has 4 nitrogen and oxygen atoms in total. The van der Waals surface area contributed by atoms with Gasteiger partial charge in [-0.15, -0.1) is 0 Å². The Bertz CT molecular complexity index is 351. The van der Waals surface area contributed by atoms with Crippen molar-refractivity contribution in [1.29, 1.82) is 0 Å². The van der Waals surface area contributed by atoms with Crippen LogP contribution in [0.25, 0.3) is 0 Å². The molecule has 3 N–H and O–H groups in total. The van der Waals surface area contributed by atoms with E-state index in [1.165, 1.54) is 0 Å². The van der Waals surface area contributed by atoms with Crippen molar-refractivity contribution >= 4 is 5.91 Å². The highest BCUT2D eigenvalue weighted by atomic mass is 16.3. The molecule has 0 saturated heterocycles. The van der Waals surface area contributed by atoms with Gasteiger partial charge in [0.25, 0.3) is 0 Å². The summed E-state index contributed by atoms with van der Waals surface area (Å²) in [7, 11) is 0. The number of phenols is 1. The summed E-state index contributed by atoms with van der Waals surface area (Å²) in [5.41, 5.74) is 0.956. The summed E-state index contributed by atoms with van der Waals surface area (Å²) in [6, 6.07) is 7.13. The number of nitrogens with one attached hydrogen (secondary N) is 2. The van der Waals surface area contributed by atoms with Gasteiger partial charge in [-0.25, -0.2) is 0 Å². The van der Waals surface area contributed by atoms with Gasteiger partial charge in [0, 0.05) is 12.6 Å². The molecule has 0 aliphatic carbocycles. The fourth-order valence-corrected chi connectivity index (χ4v) is 1.36. The molecule has 1 amide bonds. The number of carbonyl (C=O) groups is 1. The molecule has 0 saturated carbocycles. The quantitative estimate of drug-likeness (QED) is 0.696. The zero-order valence-electron chi connectivity index (χ0n) is 9.66. The first kappa shape index (κ1) is 12.5. The van der Waals surface area contributed by atoms with Crippen LogP contribution in [-0.4, -0.2) is 23.6 Å². The zero-order chi connectivity index (χ0) is 12.0. The van der Waals surface area contributed by atoms with Crippen LogP contribution in [0.15, 0.2) is 24.3 Å². The topological polar surface area (TPSA) is 61.4 Å².